The molecule has 0 aliphatic rings. The Morgan fingerprint density at radius 2 is 2.36 bits per heavy atom. The van der Waals surface area contributed by atoms with E-state index >= 15 is 0 Å². The average molecular weight is 189 g/mol. The third-order valence-electron chi connectivity index (χ3n) is 1.83. The lowest BCUT2D eigenvalue weighted by atomic mass is 10.3. The summed E-state index contributed by atoms with van der Waals surface area (Å²) in [6.07, 6.45) is 7.82. The van der Waals surface area contributed by atoms with E-state index in [1.807, 2.05) is 0 Å². The molecule has 0 saturated heterocycles. The second kappa shape index (κ2) is 3.41. The maximum atomic E-state index is 13.4. The van der Waals surface area contributed by atoms with Crippen LogP contribution >= 0.6 is 0 Å². The van der Waals surface area contributed by atoms with Crippen molar-refractivity contribution >= 4 is 6.08 Å². The van der Waals surface area contributed by atoms with Gasteiger partial charge in [-0.05, 0) is 11.6 Å². The summed E-state index contributed by atoms with van der Waals surface area (Å²) in [7, 11) is 0. The van der Waals surface area contributed by atoms with Crippen LogP contribution in [-0.2, 0) is 0 Å². The Morgan fingerprint density at radius 3 is 2.93 bits per heavy atom. The monoisotopic (exact) mass is 189 g/mol. The lowest BCUT2D eigenvalue weighted by Crippen LogP contribution is -1.98. The van der Waals surface area contributed by atoms with E-state index in [4.69, 9.17) is 0 Å². The summed E-state index contributed by atoms with van der Waals surface area (Å²) in [5.74, 6) is -0.145. The van der Waals surface area contributed by atoms with Gasteiger partial charge in [-0.25, -0.2) is 14.4 Å². The molecule has 4 heteroatoms. The molecule has 14 heavy (non-hydrogen) atoms. The number of hydrogen-bond donors (Lipinski definition) is 0. The number of pyridine rings is 1. The van der Waals surface area contributed by atoms with Crippen molar-refractivity contribution in [3.8, 4) is 5.82 Å². The van der Waals surface area contributed by atoms with Crippen LogP contribution in [0, 0.1) is 5.82 Å². The summed E-state index contributed by atoms with van der Waals surface area (Å²) in [4.78, 5) is 7.79. The number of hydrogen-bond acceptors (Lipinski definition) is 2. The van der Waals surface area contributed by atoms with Crippen molar-refractivity contribution in [1.82, 2.24) is 14.5 Å². The van der Waals surface area contributed by atoms with E-state index in [9.17, 15) is 4.39 Å². The number of rotatable bonds is 2. The number of imidazole rings is 1. The van der Waals surface area contributed by atoms with Crippen molar-refractivity contribution < 1.29 is 4.39 Å². The van der Waals surface area contributed by atoms with Gasteiger partial charge in [0.2, 0.25) is 0 Å². The van der Waals surface area contributed by atoms with Gasteiger partial charge in [0.1, 0.15) is 6.33 Å². The van der Waals surface area contributed by atoms with E-state index in [1.54, 1.807) is 24.7 Å². The average Bonchev–Trinajstić information content (AvgIpc) is 2.70. The van der Waals surface area contributed by atoms with E-state index in [-0.39, 0.29) is 11.6 Å². The fraction of sp³-hybridized carbons (Fsp3) is 0. The molecule has 0 fully saturated rings. The standard InChI is InChI=1S/C10H8FN3/c1-2-8-5-9(11)10(13-6-8)14-4-3-12-7-14/h2-7H,1H2. The van der Waals surface area contributed by atoms with Crippen molar-refractivity contribution in [1.29, 1.82) is 0 Å². The van der Waals surface area contributed by atoms with Gasteiger partial charge < -0.3 is 0 Å². The molecule has 0 unspecified atom stereocenters. The molecule has 2 heterocycles. The molecule has 0 amide bonds. The zero-order valence-electron chi connectivity index (χ0n) is 7.39. The van der Waals surface area contributed by atoms with Crippen LogP contribution in [-0.4, -0.2) is 14.5 Å². The lowest BCUT2D eigenvalue weighted by molar-refractivity contribution is 0.609. The van der Waals surface area contributed by atoms with Crippen LogP contribution in [0.5, 0.6) is 0 Å². The second-order valence-electron chi connectivity index (χ2n) is 2.75. The summed E-state index contributed by atoms with van der Waals surface area (Å²) >= 11 is 0. The minimum Gasteiger partial charge on any atom is -0.288 e. The van der Waals surface area contributed by atoms with E-state index in [0.717, 1.165) is 0 Å². The molecule has 2 rings (SSSR count). The van der Waals surface area contributed by atoms with Gasteiger partial charge in [-0.2, -0.15) is 0 Å². The topological polar surface area (TPSA) is 30.7 Å². The van der Waals surface area contributed by atoms with E-state index in [2.05, 4.69) is 16.5 Å². The number of nitrogens with zero attached hydrogens (tertiary/aromatic N) is 3. The summed E-state index contributed by atoms with van der Waals surface area (Å²) in [5.41, 5.74) is 0.659. The highest BCUT2D eigenvalue weighted by atomic mass is 19.1. The molecule has 2 aromatic rings. The highest BCUT2D eigenvalue weighted by molar-refractivity contribution is 5.47. The summed E-state index contributed by atoms with van der Waals surface area (Å²) < 4.78 is 15.0. The molecule has 0 aliphatic carbocycles. The number of halogens is 1. The maximum absolute atomic E-state index is 13.4. The van der Waals surface area contributed by atoms with Crippen molar-refractivity contribution in [2.75, 3.05) is 0 Å². The van der Waals surface area contributed by atoms with Gasteiger partial charge in [0.15, 0.2) is 11.6 Å². The van der Waals surface area contributed by atoms with Gasteiger partial charge in [0.25, 0.3) is 0 Å². The Labute approximate surface area is 80.6 Å². The van der Waals surface area contributed by atoms with Crippen LogP contribution in [0.3, 0.4) is 0 Å². The zero-order chi connectivity index (χ0) is 9.97. The first-order valence-electron chi connectivity index (χ1n) is 4.07. The third-order valence-corrected chi connectivity index (χ3v) is 1.83. The Balaban J connectivity index is 2.51. The van der Waals surface area contributed by atoms with Crippen LogP contribution in [0.4, 0.5) is 4.39 Å². The first-order chi connectivity index (χ1) is 6.81. The summed E-state index contributed by atoms with van der Waals surface area (Å²) in [6.45, 7) is 3.54. The van der Waals surface area contributed by atoms with Gasteiger partial charge in [0, 0.05) is 18.6 Å². The first kappa shape index (κ1) is 8.62. The quantitative estimate of drug-likeness (QED) is 0.723. The van der Waals surface area contributed by atoms with Crippen LogP contribution < -0.4 is 0 Å². The van der Waals surface area contributed by atoms with Gasteiger partial charge in [0.05, 0.1) is 0 Å². The van der Waals surface area contributed by atoms with Gasteiger partial charge in [-0.3, -0.25) is 4.57 Å². The molecule has 0 aliphatic heterocycles. The fourth-order valence-corrected chi connectivity index (χ4v) is 1.13. The Hall–Kier alpha value is -1.97. The highest BCUT2D eigenvalue weighted by Crippen LogP contribution is 2.11. The van der Waals surface area contributed by atoms with Crippen molar-refractivity contribution in [3.05, 3.63) is 48.9 Å². The normalized spacial score (nSPS) is 10.1. The SMILES string of the molecule is C=Cc1cnc(-n2ccnc2)c(F)c1. The van der Waals surface area contributed by atoms with Crippen molar-refractivity contribution in [2.24, 2.45) is 0 Å². The van der Waals surface area contributed by atoms with E-state index < -0.39 is 0 Å². The molecule has 0 atom stereocenters. The zero-order valence-corrected chi connectivity index (χ0v) is 7.39. The predicted molar refractivity (Wildman–Crippen MR) is 51.4 cm³/mol. The van der Waals surface area contributed by atoms with Crippen molar-refractivity contribution in [2.45, 2.75) is 0 Å². The Kier molecular flexibility index (Phi) is 2.10. The molecule has 0 spiro atoms. The lowest BCUT2D eigenvalue weighted by Gasteiger charge is -2.02. The van der Waals surface area contributed by atoms with Crippen LogP contribution in [0.15, 0.2) is 37.6 Å². The highest BCUT2D eigenvalue weighted by Gasteiger charge is 2.05. The van der Waals surface area contributed by atoms with Gasteiger partial charge >= 0.3 is 0 Å². The van der Waals surface area contributed by atoms with Gasteiger partial charge in [-0.15, -0.1) is 0 Å². The smallest absolute Gasteiger partial charge is 0.174 e. The largest absolute Gasteiger partial charge is 0.288 e. The molecule has 0 saturated carbocycles. The van der Waals surface area contributed by atoms with Gasteiger partial charge in [-0.1, -0.05) is 12.7 Å². The third kappa shape index (κ3) is 1.42. The van der Waals surface area contributed by atoms with Crippen LogP contribution in [0.25, 0.3) is 11.9 Å². The molecule has 0 N–H and O–H groups in total. The Morgan fingerprint density at radius 1 is 1.50 bits per heavy atom. The maximum Gasteiger partial charge on any atom is 0.174 e. The molecular formula is C10H8FN3. The minimum atomic E-state index is -0.389. The minimum absolute atomic E-state index is 0.244. The van der Waals surface area contributed by atoms with Crippen molar-refractivity contribution in [3.63, 3.8) is 0 Å². The van der Waals surface area contributed by atoms with Crippen LogP contribution in [0.1, 0.15) is 5.56 Å². The molecule has 70 valence electrons. The van der Waals surface area contributed by atoms with Crippen LogP contribution in [0.2, 0.25) is 0 Å². The van der Waals surface area contributed by atoms with E-state index in [0.29, 0.717) is 5.56 Å². The molecule has 3 nitrogen and oxygen atoms in total. The molecule has 2 aromatic heterocycles. The Bertz CT molecular complexity index is 448. The summed E-state index contributed by atoms with van der Waals surface area (Å²) in [6, 6.07) is 1.38. The second-order valence-corrected chi connectivity index (χ2v) is 2.75. The predicted octanol–water partition coefficient (Wildman–Crippen LogP) is 2.05. The molecule has 0 radical (unpaired) electrons. The van der Waals surface area contributed by atoms with E-state index in [1.165, 1.54) is 17.0 Å². The fourth-order valence-electron chi connectivity index (χ4n) is 1.13. The molecule has 0 bridgehead atoms. The first-order valence-corrected chi connectivity index (χ1v) is 4.07. The molecular weight excluding hydrogens is 181 g/mol. The summed E-state index contributed by atoms with van der Waals surface area (Å²) in [5, 5.41) is 0. The molecule has 0 aromatic carbocycles. The number of aromatic nitrogens is 3.